The number of amides is 1. The minimum Gasteiger partial charge on any atom is -0.449 e. The van der Waals surface area contributed by atoms with Crippen LogP contribution in [0.1, 0.15) is 17.3 Å². The lowest BCUT2D eigenvalue weighted by Gasteiger charge is -2.14. The van der Waals surface area contributed by atoms with Crippen molar-refractivity contribution in [3.63, 3.8) is 0 Å². The van der Waals surface area contributed by atoms with Gasteiger partial charge >= 0.3 is 5.97 Å². The summed E-state index contributed by atoms with van der Waals surface area (Å²) in [6.07, 6.45) is 0.355. The van der Waals surface area contributed by atoms with Gasteiger partial charge in [0.1, 0.15) is 5.15 Å². The van der Waals surface area contributed by atoms with E-state index in [1.54, 1.807) is 6.07 Å². The third-order valence-electron chi connectivity index (χ3n) is 3.63. The van der Waals surface area contributed by atoms with E-state index in [0.29, 0.717) is 5.69 Å². The van der Waals surface area contributed by atoms with Crippen LogP contribution in [0.3, 0.4) is 0 Å². The summed E-state index contributed by atoms with van der Waals surface area (Å²) in [5.74, 6) is -1.05. The predicted octanol–water partition coefficient (Wildman–Crippen LogP) is 4.07. The summed E-state index contributed by atoms with van der Waals surface area (Å²) in [6, 6.07) is 16.4. The average molecular weight is 355 g/mol. The van der Waals surface area contributed by atoms with Crippen molar-refractivity contribution < 1.29 is 14.3 Å². The Kier molecular flexibility index (Phi) is 4.95. The van der Waals surface area contributed by atoms with Crippen LogP contribution >= 0.6 is 11.6 Å². The van der Waals surface area contributed by atoms with Crippen molar-refractivity contribution in [3.05, 3.63) is 71.5 Å². The molecule has 3 aromatic rings. The summed E-state index contributed by atoms with van der Waals surface area (Å²) >= 11 is 5.68. The standard InChI is InChI=1S/C19H15ClN2O3/c1-12(25-19(24)15-7-9-17(20)21-11-15)18(23)22-16-8-6-13-4-2-3-5-14(13)10-16/h2-12H,1H3,(H,22,23). The smallest absolute Gasteiger partial charge is 0.340 e. The molecule has 1 heterocycles. The maximum Gasteiger partial charge on any atom is 0.340 e. The Bertz CT molecular complexity index is 925. The molecule has 0 saturated carbocycles. The highest BCUT2D eigenvalue weighted by atomic mass is 35.5. The molecule has 3 rings (SSSR count). The number of hydrogen-bond acceptors (Lipinski definition) is 4. The van der Waals surface area contributed by atoms with Gasteiger partial charge in [0.05, 0.1) is 5.56 Å². The lowest BCUT2D eigenvalue weighted by atomic mass is 10.1. The molecule has 1 amide bonds. The van der Waals surface area contributed by atoms with Crippen LogP contribution in [-0.2, 0) is 9.53 Å². The number of anilines is 1. The van der Waals surface area contributed by atoms with Crippen molar-refractivity contribution in [1.29, 1.82) is 0 Å². The summed E-state index contributed by atoms with van der Waals surface area (Å²) in [5, 5.41) is 5.11. The van der Waals surface area contributed by atoms with Crippen LogP contribution in [0.25, 0.3) is 10.8 Å². The first-order valence-electron chi connectivity index (χ1n) is 7.65. The molecule has 126 valence electrons. The predicted molar refractivity (Wildman–Crippen MR) is 96.7 cm³/mol. The molecule has 5 nitrogen and oxygen atoms in total. The zero-order valence-corrected chi connectivity index (χ0v) is 14.2. The third-order valence-corrected chi connectivity index (χ3v) is 3.86. The molecule has 0 saturated heterocycles. The number of hydrogen-bond donors (Lipinski definition) is 1. The maximum absolute atomic E-state index is 12.2. The second-order valence-electron chi connectivity index (χ2n) is 5.47. The van der Waals surface area contributed by atoms with Gasteiger partial charge in [0.25, 0.3) is 5.91 Å². The number of halogens is 1. The second-order valence-corrected chi connectivity index (χ2v) is 5.86. The summed E-state index contributed by atoms with van der Waals surface area (Å²) in [6.45, 7) is 1.51. The van der Waals surface area contributed by atoms with Crippen LogP contribution in [0.5, 0.6) is 0 Å². The number of carbonyl (C=O) groups excluding carboxylic acids is 2. The van der Waals surface area contributed by atoms with E-state index < -0.39 is 18.0 Å². The highest BCUT2D eigenvalue weighted by Crippen LogP contribution is 2.19. The zero-order chi connectivity index (χ0) is 17.8. The minimum atomic E-state index is -0.949. The van der Waals surface area contributed by atoms with Gasteiger partial charge < -0.3 is 10.1 Å². The van der Waals surface area contributed by atoms with Crippen LogP contribution in [-0.4, -0.2) is 23.0 Å². The Hall–Kier alpha value is -2.92. The number of aromatic nitrogens is 1. The van der Waals surface area contributed by atoms with Gasteiger partial charge in [-0.15, -0.1) is 0 Å². The van der Waals surface area contributed by atoms with E-state index >= 15 is 0 Å². The number of benzene rings is 2. The number of carbonyl (C=O) groups is 2. The van der Waals surface area contributed by atoms with E-state index in [1.165, 1.54) is 25.3 Å². The molecular formula is C19H15ClN2O3. The van der Waals surface area contributed by atoms with Crippen molar-refractivity contribution in [1.82, 2.24) is 4.98 Å². The quantitative estimate of drug-likeness (QED) is 0.566. The molecule has 0 aliphatic heterocycles. The molecule has 0 fully saturated rings. The van der Waals surface area contributed by atoms with Crippen LogP contribution < -0.4 is 5.32 Å². The van der Waals surface area contributed by atoms with Crippen molar-refractivity contribution in [2.24, 2.45) is 0 Å². The summed E-state index contributed by atoms with van der Waals surface area (Å²) in [4.78, 5) is 28.1. The largest absolute Gasteiger partial charge is 0.449 e. The van der Waals surface area contributed by atoms with Gasteiger partial charge in [0.2, 0.25) is 0 Å². The monoisotopic (exact) mass is 354 g/mol. The Morgan fingerprint density at radius 1 is 1.08 bits per heavy atom. The maximum atomic E-state index is 12.2. The fraction of sp³-hybridized carbons (Fsp3) is 0.105. The molecule has 25 heavy (non-hydrogen) atoms. The summed E-state index contributed by atoms with van der Waals surface area (Å²) in [7, 11) is 0. The van der Waals surface area contributed by atoms with E-state index in [4.69, 9.17) is 16.3 Å². The lowest BCUT2D eigenvalue weighted by Crippen LogP contribution is -2.30. The number of esters is 1. The second kappa shape index (κ2) is 7.32. The van der Waals surface area contributed by atoms with Crippen LogP contribution in [0.4, 0.5) is 5.69 Å². The highest BCUT2D eigenvalue weighted by Gasteiger charge is 2.19. The van der Waals surface area contributed by atoms with Crippen molar-refractivity contribution >= 4 is 39.9 Å². The van der Waals surface area contributed by atoms with Crippen LogP contribution in [0.15, 0.2) is 60.8 Å². The minimum absolute atomic E-state index is 0.231. The Morgan fingerprint density at radius 3 is 2.56 bits per heavy atom. The first-order chi connectivity index (χ1) is 12.0. The summed E-state index contributed by atoms with van der Waals surface area (Å²) < 4.78 is 5.16. The Labute approximate surface area is 149 Å². The van der Waals surface area contributed by atoms with E-state index in [1.807, 2.05) is 36.4 Å². The van der Waals surface area contributed by atoms with Gasteiger partial charge in [0, 0.05) is 11.9 Å². The van der Waals surface area contributed by atoms with Gasteiger partial charge in [-0.05, 0) is 42.0 Å². The van der Waals surface area contributed by atoms with Gasteiger partial charge in [-0.3, -0.25) is 4.79 Å². The van der Waals surface area contributed by atoms with Gasteiger partial charge in [-0.2, -0.15) is 0 Å². The molecule has 2 aromatic carbocycles. The first kappa shape index (κ1) is 16.9. The lowest BCUT2D eigenvalue weighted by molar-refractivity contribution is -0.123. The number of rotatable bonds is 4. The molecular weight excluding hydrogens is 340 g/mol. The van der Waals surface area contributed by atoms with E-state index in [9.17, 15) is 9.59 Å². The summed E-state index contributed by atoms with van der Waals surface area (Å²) in [5.41, 5.74) is 0.870. The molecule has 1 atom stereocenters. The fourth-order valence-corrected chi connectivity index (χ4v) is 2.40. The van der Waals surface area contributed by atoms with Crippen LogP contribution in [0, 0.1) is 0 Å². The fourth-order valence-electron chi connectivity index (χ4n) is 2.29. The van der Waals surface area contributed by atoms with Gasteiger partial charge in [-0.25, -0.2) is 9.78 Å². The van der Waals surface area contributed by atoms with Gasteiger partial charge in [0.15, 0.2) is 6.10 Å². The number of ether oxygens (including phenoxy) is 1. The first-order valence-corrected chi connectivity index (χ1v) is 8.03. The van der Waals surface area contributed by atoms with Crippen molar-refractivity contribution in [2.75, 3.05) is 5.32 Å². The van der Waals surface area contributed by atoms with Gasteiger partial charge in [-0.1, -0.05) is 41.9 Å². The number of fused-ring (bicyclic) bond motifs is 1. The van der Waals surface area contributed by atoms with E-state index in [2.05, 4.69) is 10.3 Å². The van der Waals surface area contributed by atoms with Crippen molar-refractivity contribution in [2.45, 2.75) is 13.0 Å². The SMILES string of the molecule is CC(OC(=O)c1ccc(Cl)nc1)C(=O)Nc1ccc2ccccc2c1. The normalized spacial score (nSPS) is 11.8. The number of nitrogens with one attached hydrogen (secondary N) is 1. The topological polar surface area (TPSA) is 68.3 Å². The Morgan fingerprint density at radius 2 is 1.84 bits per heavy atom. The molecule has 0 aliphatic carbocycles. The third kappa shape index (κ3) is 4.14. The molecule has 1 aromatic heterocycles. The molecule has 6 heteroatoms. The average Bonchev–Trinajstić information content (AvgIpc) is 2.62. The zero-order valence-electron chi connectivity index (χ0n) is 13.4. The molecule has 0 spiro atoms. The Balaban J connectivity index is 1.65. The number of nitrogens with zero attached hydrogens (tertiary/aromatic N) is 1. The molecule has 0 bridgehead atoms. The molecule has 1 unspecified atom stereocenters. The molecule has 1 N–H and O–H groups in total. The van der Waals surface area contributed by atoms with Crippen LogP contribution in [0.2, 0.25) is 5.15 Å². The highest BCUT2D eigenvalue weighted by molar-refractivity contribution is 6.29. The number of pyridine rings is 1. The van der Waals surface area contributed by atoms with E-state index in [-0.39, 0.29) is 10.7 Å². The molecule has 0 radical (unpaired) electrons. The van der Waals surface area contributed by atoms with Crippen molar-refractivity contribution in [3.8, 4) is 0 Å². The molecule has 0 aliphatic rings. The van der Waals surface area contributed by atoms with E-state index in [0.717, 1.165) is 10.8 Å².